The highest BCUT2D eigenvalue weighted by Gasteiger charge is 2.19. The van der Waals surface area contributed by atoms with Gasteiger partial charge in [0.25, 0.3) is 0 Å². The lowest BCUT2D eigenvalue weighted by molar-refractivity contribution is -0.317. The summed E-state index contributed by atoms with van der Waals surface area (Å²) in [6, 6.07) is 0. The summed E-state index contributed by atoms with van der Waals surface area (Å²) in [5, 5.41) is 0. The van der Waals surface area contributed by atoms with Gasteiger partial charge < -0.3 is 4.74 Å². The van der Waals surface area contributed by atoms with Gasteiger partial charge in [0.2, 0.25) is 0 Å². The number of carbonyl (C=O) groups excluding carboxylic acids is 1. The number of rotatable bonds is 6. The number of hydrogen-bond acceptors (Lipinski definition) is 4. The van der Waals surface area contributed by atoms with Gasteiger partial charge in [-0.15, -0.1) is 0 Å². The van der Waals surface area contributed by atoms with Crippen molar-refractivity contribution < 1.29 is 19.3 Å². The monoisotopic (exact) mass is 204 g/mol. The van der Waals surface area contributed by atoms with Crippen molar-refractivity contribution in [2.24, 2.45) is 0 Å². The first-order valence-electron chi connectivity index (χ1n) is 5.04. The molecule has 0 bridgehead atoms. The van der Waals surface area contributed by atoms with Crippen LogP contribution in [-0.2, 0) is 14.5 Å². The number of hydrogen-bond donors (Lipinski definition) is 0. The summed E-state index contributed by atoms with van der Waals surface area (Å²) in [5.41, 5.74) is -0.455. The molecular formula is C10H20O4. The van der Waals surface area contributed by atoms with Crippen molar-refractivity contribution in [1.29, 1.82) is 0 Å². The lowest BCUT2D eigenvalue weighted by atomic mass is 10.1. The molecule has 0 fully saturated rings. The highest BCUT2D eigenvalue weighted by molar-refractivity contribution is 5.58. The average Bonchev–Trinajstić information content (AvgIpc) is 2.16. The largest absolute Gasteiger partial charge is 0.540 e. The number of carbonyl (C=O) groups is 1. The highest BCUT2D eigenvalue weighted by atomic mass is 17.2. The van der Waals surface area contributed by atoms with Crippen molar-refractivity contribution in [2.45, 2.75) is 52.6 Å². The Hall–Kier alpha value is -0.770. The quantitative estimate of drug-likeness (QED) is 0.289. The maximum Gasteiger partial charge on any atom is 0.540 e. The topological polar surface area (TPSA) is 44.8 Å². The maximum absolute atomic E-state index is 10.9. The van der Waals surface area contributed by atoms with Crippen molar-refractivity contribution in [1.82, 2.24) is 0 Å². The van der Waals surface area contributed by atoms with E-state index in [-0.39, 0.29) is 0 Å². The third-order valence-electron chi connectivity index (χ3n) is 1.90. The van der Waals surface area contributed by atoms with Crippen LogP contribution in [-0.4, -0.2) is 18.4 Å². The van der Waals surface area contributed by atoms with Gasteiger partial charge in [0.15, 0.2) is 0 Å². The van der Waals surface area contributed by atoms with Crippen LogP contribution >= 0.6 is 0 Å². The van der Waals surface area contributed by atoms with Gasteiger partial charge in [-0.2, -0.15) is 4.89 Å². The van der Waals surface area contributed by atoms with Crippen LogP contribution in [0.5, 0.6) is 0 Å². The van der Waals surface area contributed by atoms with Crippen LogP contribution in [0.3, 0.4) is 0 Å². The lowest BCUT2D eigenvalue weighted by Crippen LogP contribution is -2.25. The van der Waals surface area contributed by atoms with Gasteiger partial charge in [-0.05, 0) is 26.7 Å². The average molecular weight is 204 g/mol. The van der Waals surface area contributed by atoms with Crippen molar-refractivity contribution >= 4 is 6.16 Å². The predicted octanol–water partition coefficient (Wildman–Crippen LogP) is 3.06. The molecule has 0 heterocycles. The Kier molecular flexibility index (Phi) is 6.28. The minimum atomic E-state index is -0.764. The highest BCUT2D eigenvalue weighted by Crippen LogP contribution is 2.13. The molecular weight excluding hydrogens is 184 g/mol. The van der Waals surface area contributed by atoms with Gasteiger partial charge in [0, 0.05) is 0 Å². The Morgan fingerprint density at radius 3 is 2.43 bits per heavy atom. The molecule has 4 heteroatoms. The van der Waals surface area contributed by atoms with E-state index in [4.69, 9.17) is 9.62 Å². The van der Waals surface area contributed by atoms with Crippen molar-refractivity contribution in [3.05, 3.63) is 0 Å². The molecule has 84 valence electrons. The summed E-state index contributed by atoms with van der Waals surface area (Å²) in [6.07, 6.45) is 1.82. The summed E-state index contributed by atoms with van der Waals surface area (Å²) in [7, 11) is 0. The van der Waals surface area contributed by atoms with Gasteiger partial charge in [-0.1, -0.05) is 20.3 Å². The second-order valence-corrected chi connectivity index (χ2v) is 3.73. The van der Waals surface area contributed by atoms with Crippen LogP contribution in [0.2, 0.25) is 0 Å². The van der Waals surface area contributed by atoms with Crippen molar-refractivity contribution in [2.75, 3.05) is 6.61 Å². The molecule has 0 aliphatic rings. The first kappa shape index (κ1) is 13.2. The molecule has 0 radical (unpaired) electrons. The summed E-state index contributed by atoms with van der Waals surface area (Å²) in [5.74, 6) is 0. The normalized spacial score (nSPS) is 11.1. The SMILES string of the molecule is CCCCOC(=O)OOC(C)(C)CC. The third-order valence-corrected chi connectivity index (χ3v) is 1.90. The van der Waals surface area contributed by atoms with E-state index in [0.29, 0.717) is 6.61 Å². The van der Waals surface area contributed by atoms with Gasteiger partial charge >= 0.3 is 6.16 Å². The van der Waals surface area contributed by atoms with Crippen LogP contribution in [0.4, 0.5) is 4.79 Å². The first-order valence-corrected chi connectivity index (χ1v) is 5.04. The zero-order valence-electron chi connectivity index (χ0n) is 9.46. The second kappa shape index (κ2) is 6.65. The van der Waals surface area contributed by atoms with E-state index in [2.05, 4.69) is 4.89 Å². The fourth-order valence-electron chi connectivity index (χ4n) is 0.530. The molecule has 0 aliphatic carbocycles. The molecule has 0 rings (SSSR count). The van der Waals surface area contributed by atoms with Crippen LogP contribution < -0.4 is 0 Å². The molecule has 0 saturated carbocycles. The molecule has 0 amide bonds. The molecule has 0 atom stereocenters. The smallest absolute Gasteiger partial charge is 0.432 e. The minimum Gasteiger partial charge on any atom is -0.432 e. The Morgan fingerprint density at radius 2 is 1.93 bits per heavy atom. The van der Waals surface area contributed by atoms with Crippen LogP contribution in [0.25, 0.3) is 0 Å². The van der Waals surface area contributed by atoms with Crippen LogP contribution in [0, 0.1) is 0 Å². The molecule has 0 N–H and O–H groups in total. The Balaban J connectivity index is 3.53. The van der Waals surface area contributed by atoms with Crippen LogP contribution in [0.1, 0.15) is 47.0 Å². The first-order chi connectivity index (χ1) is 6.52. The van der Waals surface area contributed by atoms with Gasteiger partial charge in [0.1, 0.15) is 5.60 Å². The van der Waals surface area contributed by atoms with E-state index in [1.807, 2.05) is 27.7 Å². The second-order valence-electron chi connectivity index (χ2n) is 3.73. The Labute approximate surface area is 85.5 Å². The van der Waals surface area contributed by atoms with E-state index in [1.165, 1.54) is 0 Å². The van der Waals surface area contributed by atoms with Crippen molar-refractivity contribution in [3.63, 3.8) is 0 Å². The maximum atomic E-state index is 10.9. The predicted molar refractivity (Wildman–Crippen MR) is 52.8 cm³/mol. The molecule has 4 nitrogen and oxygen atoms in total. The zero-order valence-corrected chi connectivity index (χ0v) is 9.46. The van der Waals surface area contributed by atoms with Gasteiger partial charge in [-0.3, -0.25) is 4.89 Å². The Bertz CT molecular complexity index is 166. The standard InChI is InChI=1S/C10H20O4/c1-5-7-8-12-9(11)13-14-10(3,4)6-2/h5-8H2,1-4H3. The molecule has 0 saturated heterocycles. The molecule has 0 aliphatic heterocycles. The van der Waals surface area contributed by atoms with Crippen molar-refractivity contribution in [3.8, 4) is 0 Å². The molecule has 14 heavy (non-hydrogen) atoms. The molecule has 0 aromatic heterocycles. The van der Waals surface area contributed by atoms with Gasteiger partial charge in [0.05, 0.1) is 6.61 Å². The number of ether oxygens (including phenoxy) is 1. The van der Waals surface area contributed by atoms with E-state index in [1.54, 1.807) is 0 Å². The molecule has 0 aromatic carbocycles. The van der Waals surface area contributed by atoms with E-state index in [0.717, 1.165) is 19.3 Å². The molecule has 0 unspecified atom stereocenters. The van der Waals surface area contributed by atoms with E-state index in [9.17, 15) is 4.79 Å². The van der Waals surface area contributed by atoms with Crippen LogP contribution in [0.15, 0.2) is 0 Å². The molecule has 0 spiro atoms. The van der Waals surface area contributed by atoms with E-state index >= 15 is 0 Å². The number of unbranched alkanes of at least 4 members (excludes halogenated alkanes) is 1. The fourth-order valence-corrected chi connectivity index (χ4v) is 0.530. The summed E-state index contributed by atoms with van der Waals surface area (Å²) >= 11 is 0. The zero-order chi connectivity index (χ0) is 11.0. The fraction of sp³-hybridized carbons (Fsp3) is 0.900. The summed E-state index contributed by atoms with van der Waals surface area (Å²) in [6.45, 7) is 8.03. The minimum absolute atomic E-state index is 0.380. The summed E-state index contributed by atoms with van der Waals surface area (Å²) < 4.78 is 4.74. The molecule has 0 aromatic rings. The summed E-state index contributed by atoms with van der Waals surface area (Å²) in [4.78, 5) is 20.3. The van der Waals surface area contributed by atoms with Gasteiger partial charge in [-0.25, -0.2) is 4.79 Å². The van der Waals surface area contributed by atoms with E-state index < -0.39 is 11.8 Å². The Morgan fingerprint density at radius 1 is 1.29 bits per heavy atom. The lowest BCUT2D eigenvalue weighted by Gasteiger charge is -2.19. The third kappa shape index (κ3) is 6.71.